The fourth-order valence-electron chi connectivity index (χ4n) is 2.57. The van der Waals surface area contributed by atoms with Crippen LogP contribution in [0.3, 0.4) is 0 Å². The normalized spacial score (nSPS) is 17.3. The molecule has 3 heteroatoms. The number of halogens is 1. The van der Waals surface area contributed by atoms with Gasteiger partial charge < -0.3 is 9.73 Å². The number of furan rings is 1. The van der Waals surface area contributed by atoms with Crippen LogP contribution >= 0.6 is 11.6 Å². The van der Waals surface area contributed by atoms with Crippen LogP contribution in [0, 0.1) is 12.8 Å². The van der Waals surface area contributed by atoms with Crippen LogP contribution < -0.4 is 5.32 Å². The molecule has 0 radical (unpaired) electrons. The van der Waals surface area contributed by atoms with Gasteiger partial charge >= 0.3 is 0 Å². The monoisotopic (exact) mass is 263 g/mol. The predicted octanol–water partition coefficient (Wildman–Crippen LogP) is 4.46. The van der Waals surface area contributed by atoms with E-state index in [1.165, 1.54) is 18.4 Å². The van der Waals surface area contributed by atoms with Crippen molar-refractivity contribution in [3.8, 4) is 0 Å². The zero-order valence-corrected chi connectivity index (χ0v) is 11.6. The van der Waals surface area contributed by atoms with Crippen LogP contribution in [0.4, 0.5) is 0 Å². The molecule has 1 N–H and O–H groups in total. The summed E-state index contributed by atoms with van der Waals surface area (Å²) in [7, 11) is 0. The number of hydrogen-bond acceptors (Lipinski definition) is 2. The van der Waals surface area contributed by atoms with E-state index in [0.29, 0.717) is 11.1 Å². The second-order valence-electron chi connectivity index (χ2n) is 5.19. The molecule has 1 unspecified atom stereocenters. The third-order valence-electron chi connectivity index (χ3n) is 3.56. The molecular weight excluding hydrogens is 246 g/mol. The minimum absolute atomic E-state index is 0.346. The van der Waals surface area contributed by atoms with Gasteiger partial charge in [-0.1, -0.05) is 18.5 Å². The average Bonchev–Trinajstić information content (AvgIpc) is 3.06. The summed E-state index contributed by atoms with van der Waals surface area (Å²) in [5.41, 5.74) is 1.99. The summed E-state index contributed by atoms with van der Waals surface area (Å²) < 4.78 is 5.98. The molecular formula is C15H18ClNO. The van der Waals surface area contributed by atoms with E-state index in [1.54, 1.807) is 0 Å². The van der Waals surface area contributed by atoms with Gasteiger partial charge in [0, 0.05) is 5.39 Å². The lowest BCUT2D eigenvalue weighted by Gasteiger charge is -2.13. The Bertz CT molecular complexity index is 571. The molecule has 1 saturated carbocycles. The fourth-order valence-corrected chi connectivity index (χ4v) is 2.89. The first kappa shape index (κ1) is 12.1. The number of nitrogens with one attached hydrogen (secondary N) is 1. The van der Waals surface area contributed by atoms with E-state index in [0.717, 1.165) is 29.2 Å². The Kier molecular flexibility index (Phi) is 3.08. The molecule has 3 rings (SSSR count). The molecule has 1 aromatic carbocycles. The highest BCUT2D eigenvalue weighted by Crippen LogP contribution is 2.43. The molecule has 0 aliphatic heterocycles. The molecule has 96 valence electrons. The summed E-state index contributed by atoms with van der Waals surface area (Å²) in [6.07, 6.45) is 2.59. The quantitative estimate of drug-likeness (QED) is 0.881. The molecule has 18 heavy (non-hydrogen) atoms. The number of benzene rings is 1. The third-order valence-corrected chi connectivity index (χ3v) is 3.84. The predicted molar refractivity (Wildman–Crippen MR) is 75.1 cm³/mol. The van der Waals surface area contributed by atoms with Crippen LogP contribution in [0.1, 0.15) is 37.1 Å². The Morgan fingerprint density at radius 2 is 2.17 bits per heavy atom. The second kappa shape index (κ2) is 4.60. The minimum atomic E-state index is 0.346. The van der Waals surface area contributed by atoms with Crippen LogP contribution in [0.5, 0.6) is 0 Å². The largest absolute Gasteiger partial charge is 0.458 e. The molecule has 1 aliphatic carbocycles. The number of fused-ring (bicyclic) bond motifs is 1. The number of aryl methyl sites for hydroxylation is 1. The highest BCUT2D eigenvalue weighted by atomic mass is 35.5. The third kappa shape index (κ3) is 2.15. The van der Waals surface area contributed by atoms with Gasteiger partial charge in [0.25, 0.3) is 0 Å². The van der Waals surface area contributed by atoms with Gasteiger partial charge in [-0.25, -0.2) is 0 Å². The van der Waals surface area contributed by atoms with Gasteiger partial charge in [0.1, 0.15) is 5.76 Å². The van der Waals surface area contributed by atoms with E-state index in [9.17, 15) is 0 Å². The van der Waals surface area contributed by atoms with Crippen molar-refractivity contribution in [2.45, 2.75) is 32.7 Å². The summed E-state index contributed by atoms with van der Waals surface area (Å²) >= 11 is 6.24. The Morgan fingerprint density at radius 1 is 1.39 bits per heavy atom. The van der Waals surface area contributed by atoms with Crippen molar-refractivity contribution in [2.24, 2.45) is 5.92 Å². The molecule has 1 aromatic heterocycles. The number of rotatable bonds is 4. The van der Waals surface area contributed by atoms with Crippen LogP contribution in [-0.4, -0.2) is 6.54 Å². The first-order chi connectivity index (χ1) is 8.69. The van der Waals surface area contributed by atoms with Crippen LogP contribution in [0.15, 0.2) is 22.6 Å². The van der Waals surface area contributed by atoms with E-state index in [1.807, 2.05) is 6.07 Å². The smallest absolute Gasteiger partial charge is 0.152 e. The van der Waals surface area contributed by atoms with Gasteiger partial charge in [0.15, 0.2) is 5.58 Å². The van der Waals surface area contributed by atoms with E-state index < -0.39 is 0 Å². The molecule has 2 aromatic rings. The van der Waals surface area contributed by atoms with Crippen LogP contribution in [0.25, 0.3) is 11.0 Å². The maximum atomic E-state index is 6.24. The van der Waals surface area contributed by atoms with Gasteiger partial charge in [-0.05, 0) is 56.0 Å². The van der Waals surface area contributed by atoms with Crippen molar-refractivity contribution in [3.05, 3.63) is 34.5 Å². The maximum Gasteiger partial charge on any atom is 0.152 e. The van der Waals surface area contributed by atoms with E-state index >= 15 is 0 Å². The fraction of sp³-hybridized carbons (Fsp3) is 0.467. The average molecular weight is 264 g/mol. The van der Waals surface area contributed by atoms with Crippen molar-refractivity contribution in [1.82, 2.24) is 5.32 Å². The lowest BCUT2D eigenvalue weighted by atomic mass is 10.1. The summed E-state index contributed by atoms with van der Waals surface area (Å²) in [4.78, 5) is 0. The summed E-state index contributed by atoms with van der Waals surface area (Å²) in [5, 5.41) is 5.34. The van der Waals surface area contributed by atoms with Gasteiger partial charge in [0.05, 0.1) is 11.1 Å². The summed E-state index contributed by atoms with van der Waals surface area (Å²) in [6, 6.07) is 6.57. The lowest BCUT2D eigenvalue weighted by Crippen LogP contribution is -2.21. The van der Waals surface area contributed by atoms with Crippen molar-refractivity contribution in [1.29, 1.82) is 0 Å². The molecule has 1 heterocycles. The summed E-state index contributed by atoms with van der Waals surface area (Å²) in [6.45, 7) is 5.15. The maximum absolute atomic E-state index is 6.24. The molecule has 1 aliphatic rings. The Balaban J connectivity index is 2.03. The van der Waals surface area contributed by atoms with Gasteiger partial charge in [0.2, 0.25) is 0 Å². The lowest BCUT2D eigenvalue weighted by molar-refractivity contribution is 0.403. The van der Waals surface area contributed by atoms with E-state index in [2.05, 4.69) is 31.3 Å². The zero-order valence-electron chi connectivity index (χ0n) is 10.8. The van der Waals surface area contributed by atoms with Gasteiger partial charge in [-0.15, -0.1) is 0 Å². The molecule has 2 nitrogen and oxygen atoms in total. The van der Waals surface area contributed by atoms with Crippen LogP contribution in [0.2, 0.25) is 5.02 Å². The topological polar surface area (TPSA) is 25.2 Å². The van der Waals surface area contributed by atoms with Gasteiger partial charge in [-0.2, -0.15) is 0 Å². The summed E-state index contributed by atoms with van der Waals surface area (Å²) in [5.74, 6) is 1.76. The number of hydrogen-bond donors (Lipinski definition) is 1. The molecule has 0 amide bonds. The first-order valence-electron chi connectivity index (χ1n) is 6.62. The van der Waals surface area contributed by atoms with E-state index in [-0.39, 0.29) is 0 Å². The molecule has 1 fully saturated rings. The highest BCUT2D eigenvalue weighted by molar-refractivity contribution is 6.34. The molecule has 1 atom stereocenters. The van der Waals surface area contributed by atoms with Crippen LogP contribution in [-0.2, 0) is 0 Å². The van der Waals surface area contributed by atoms with Crippen molar-refractivity contribution in [3.63, 3.8) is 0 Å². The minimum Gasteiger partial charge on any atom is -0.458 e. The van der Waals surface area contributed by atoms with Gasteiger partial charge in [-0.3, -0.25) is 0 Å². The first-order valence-corrected chi connectivity index (χ1v) is 7.00. The second-order valence-corrected chi connectivity index (χ2v) is 5.59. The zero-order chi connectivity index (χ0) is 12.7. The van der Waals surface area contributed by atoms with Crippen molar-refractivity contribution in [2.75, 3.05) is 6.54 Å². The Hall–Kier alpha value is -0.990. The molecule has 0 bridgehead atoms. The standard InChI is InChI=1S/C15H18ClNO/c1-3-17-14(10-4-5-10)13-8-11-6-9(2)7-12(16)15(11)18-13/h6-8,10,14,17H,3-5H2,1-2H3. The highest BCUT2D eigenvalue weighted by Gasteiger charge is 2.34. The molecule has 0 spiro atoms. The molecule has 0 saturated heterocycles. The Morgan fingerprint density at radius 3 is 2.83 bits per heavy atom. The Labute approximate surface area is 112 Å². The van der Waals surface area contributed by atoms with E-state index in [4.69, 9.17) is 16.0 Å². The SMILES string of the molecule is CCNC(c1cc2cc(C)cc(Cl)c2o1)C1CC1. The van der Waals surface area contributed by atoms with Crippen molar-refractivity contribution < 1.29 is 4.42 Å². The van der Waals surface area contributed by atoms with Crippen molar-refractivity contribution >= 4 is 22.6 Å².